The Morgan fingerprint density at radius 1 is 1.33 bits per heavy atom. The van der Waals surface area contributed by atoms with Gasteiger partial charge in [-0.3, -0.25) is 0 Å². The highest BCUT2D eigenvalue weighted by atomic mass is 127. The van der Waals surface area contributed by atoms with Crippen LogP contribution in [0.4, 0.5) is 5.69 Å². The van der Waals surface area contributed by atoms with E-state index in [4.69, 9.17) is 5.26 Å². The van der Waals surface area contributed by atoms with Crippen LogP contribution in [0.25, 0.3) is 5.57 Å². The molecule has 18 heavy (non-hydrogen) atoms. The molecule has 8 heteroatoms. The highest BCUT2D eigenvalue weighted by Crippen LogP contribution is 2.18. The molecule has 0 amide bonds. The maximum absolute atomic E-state index is 9.00. The summed E-state index contributed by atoms with van der Waals surface area (Å²) in [6.45, 7) is 0. The fourth-order valence-electron chi connectivity index (χ4n) is 1.22. The Morgan fingerprint density at radius 3 is 2.61 bits per heavy atom. The minimum absolute atomic E-state index is 0.269. The predicted molar refractivity (Wildman–Crippen MR) is 83.3 cm³/mol. The largest absolute Gasteiger partial charge is 0.360 e. The Bertz CT molecular complexity index is 594. The molecule has 0 fully saturated rings. The van der Waals surface area contributed by atoms with E-state index >= 15 is 0 Å². The van der Waals surface area contributed by atoms with Gasteiger partial charge in [0, 0.05) is 19.0 Å². The molecular weight excluding hydrogens is 458 g/mol. The normalized spacial score (nSPS) is 11.1. The van der Waals surface area contributed by atoms with Gasteiger partial charge in [0.15, 0.2) is 0 Å². The number of aromatic amines is 1. The van der Waals surface area contributed by atoms with Gasteiger partial charge < -0.3 is 5.32 Å². The molecule has 1 aromatic carbocycles. The number of tetrazole rings is 1. The van der Waals surface area contributed by atoms with Crippen LogP contribution in [0.1, 0.15) is 5.82 Å². The van der Waals surface area contributed by atoms with Gasteiger partial charge in [0.2, 0.25) is 5.82 Å². The molecule has 0 unspecified atom stereocenters. The van der Waals surface area contributed by atoms with Crippen molar-refractivity contribution in [3.8, 4) is 6.07 Å². The van der Waals surface area contributed by atoms with E-state index in [0.29, 0.717) is 5.57 Å². The van der Waals surface area contributed by atoms with Crippen LogP contribution >= 0.6 is 45.2 Å². The quantitative estimate of drug-likeness (QED) is 0.538. The third kappa shape index (κ3) is 3.39. The number of rotatable bonds is 3. The van der Waals surface area contributed by atoms with Crippen molar-refractivity contribution in [2.75, 3.05) is 5.32 Å². The second-order valence-corrected chi connectivity index (χ2v) is 5.70. The van der Waals surface area contributed by atoms with E-state index in [1.54, 1.807) is 6.20 Å². The van der Waals surface area contributed by atoms with E-state index in [9.17, 15) is 0 Å². The molecule has 0 aliphatic rings. The Morgan fingerprint density at radius 2 is 2.06 bits per heavy atom. The van der Waals surface area contributed by atoms with Gasteiger partial charge in [0.05, 0.1) is 0 Å². The van der Waals surface area contributed by atoms with E-state index in [0.717, 1.165) is 12.8 Å². The summed E-state index contributed by atoms with van der Waals surface area (Å²) in [7, 11) is 0. The highest BCUT2D eigenvalue weighted by Gasteiger charge is 2.05. The smallest absolute Gasteiger partial charge is 0.216 e. The molecule has 0 radical (unpaired) electrons. The summed E-state index contributed by atoms with van der Waals surface area (Å²) >= 11 is 4.48. The molecule has 0 saturated heterocycles. The van der Waals surface area contributed by atoms with Gasteiger partial charge in [-0.05, 0) is 68.6 Å². The Labute approximate surface area is 130 Å². The second-order valence-electron chi connectivity index (χ2n) is 3.21. The Kier molecular flexibility index (Phi) is 4.48. The fourth-order valence-corrected chi connectivity index (χ4v) is 3.15. The average molecular weight is 464 g/mol. The van der Waals surface area contributed by atoms with Gasteiger partial charge >= 0.3 is 0 Å². The van der Waals surface area contributed by atoms with Gasteiger partial charge in [-0.15, -0.1) is 10.2 Å². The lowest BCUT2D eigenvalue weighted by Crippen LogP contribution is -1.94. The zero-order chi connectivity index (χ0) is 13.0. The summed E-state index contributed by atoms with van der Waals surface area (Å²) in [5.74, 6) is 0.269. The molecule has 2 rings (SSSR count). The summed E-state index contributed by atoms with van der Waals surface area (Å²) in [6.07, 6.45) is 1.56. The minimum Gasteiger partial charge on any atom is -0.360 e. The SMILES string of the molecule is N#CC(=CNc1cc(I)cc(I)c1)c1nn[nH]n1. The second kappa shape index (κ2) is 6.10. The maximum atomic E-state index is 9.00. The molecule has 0 aliphatic heterocycles. The summed E-state index contributed by atoms with van der Waals surface area (Å²) in [5, 5.41) is 25.3. The molecule has 1 heterocycles. The van der Waals surface area contributed by atoms with Crippen molar-refractivity contribution < 1.29 is 0 Å². The van der Waals surface area contributed by atoms with Crippen molar-refractivity contribution in [2.24, 2.45) is 0 Å². The molecule has 0 atom stereocenters. The fraction of sp³-hybridized carbons (Fsp3) is 0. The number of anilines is 1. The van der Waals surface area contributed by atoms with Crippen molar-refractivity contribution in [1.29, 1.82) is 5.26 Å². The van der Waals surface area contributed by atoms with E-state index in [2.05, 4.69) is 77.2 Å². The average Bonchev–Trinajstić information content (AvgIpc) is 2.82. The van der Waals surface area contributed by atoms with E-state index in [1.807, 2.05) is 18.2 Å². The van der Waals surface area contributed by atoms with Crippen LogP contribution in [0, 0.1) is 18.5 Å². The first-order chi connectivity index (χ1) is 8.69. The number of aromatic nitrogens is 4. The molecule has 0 aliphatic carbocycles. The van der Waals surface area contributed by atoms with Crippen LogP contribution in [-0.2, 0) is 0 Å². The number of H-pyrrole nitrogens is 1. The van der Waals surface area contributed by atoms with Gasteiger partial charge in [-0.25, -0.2) is 0 Å². The van der Waals surface area contributed by atoms with Crippen molar-refractivity contribution in [1.82, 2.24) is 20.6 Å². The molecule has 1 aromatic heterocycles. The molecule has 0 spiro atoms. The molecule has 2 N–H and O–H groups in total. The number of nitriles is 1. The highest BCUT2D eigenvalue weighted by molar-refractivity contribution is 14.1. The molecular formula is C10H6I2N6. The number of nitrogens with zero attached hydrogens (tertiary/aromatic N) is 4. The monoisotopic (exact) mass is 464 g/mol. The minimum atomic E-state index is 0.269. The van der Waals surface area contributed by atoms with Crippen LogP contribution in [0.3, 0.4) is 0 Å². The summed E-state index contributed by atoms with van der Waals surface area (Å²) in [5.41, 5.74) is 1.22. The number of halogens is 2. The number of benzene rings is 1. The zero-order valence-corrected chi connectivity index (χ0v) is 13.2. The lowest BCUT2D eigenvalue weighted by atomic mass is 10.3. The molecule has 2 aromatic rings. The van der Waals surface area contributed by atoms with Gasteiger partial charge in [-0.1, -0.05) is 0 Å². The number of allylic oxidation sites excluding steroid dienone is 1. The van der Waals surface area contributed by atoms with Gasteiger partial charge in [-0.2, -0.15) is 10.5 Å². The third-order valence-electron chi connectivity index (χ3n) is 1.95. The Balaban J connectivity index is 2.21. The van der Waals surface area contributed by atoms with Crippen LogP contribution < -0.4 is 5.32 Å². The lowest BCUT2D eigenvalue weighted by Gasteiger charge is -2.03. The first kappa shape index (κ1) is 13.2. The molecule has 90 valence electrons. The van der Waals surface area contributed by atoms with Crippen molar-refractivity contribution in [3.63, 3.8) is 0 Å². The van der Waals surface area contributed by atoms with Crippen molar-refractivity contribution in [2.45, 2.75) is 0 Å². The van der Waals surface area contributed by atoms with Crippen LogP contribution in [0.2, 0.25) is 0 Å². The van der Waals surface area contributed by atoms with Crippen LogP contribution in [0.15, 0.2) is 24.4 Å². The maximum Gasteiger partial charge on any atom is 0.216 e. The van der Waals surface area contributed by atoms with E-state index in [1.165, 1.54) is 0 Å². The van der Waals surface area contributed by atoms with E-state index in [-0.39, 0.29) is 5.82 Å². The zero-order valence-electron chi connectivity index (χ0n) is 8.85. The van der Waals surface area contributed by atoms with Crippen molar-refractivity contribution >= 4 is 56.4 Å². The molecule has 0 saturated carbocycles. The summed E-state index contributed by atoms with van der Waals surface area (Å²) in [6, 6.07) is 8.02. The van der Waals surface area contributed by atoms with E-state index < -0.39 is 0 Å². The first-order valence-electron chi connectivity index (χ1n) is 4.76. The van der Waals surface area contributed by atoms with Crippen molar-refractivity contribution in [3.05, 3.63) is 37.4 Å². The lowest BCUT2D eigenvalue weighted by molar-refractivity contribution is 0.881. The molecule has 0 bridgehead atoms. The Hall–Kier alpha value is -1.22. The number of hydrogen-bond donors (Lipinski definition) is 2. The van der Waals surface area contributed by atoms with Crippen LogP contribution in [0.5, 0.6) is 0 Å². The number of nitrogens with one attached hydrogen (secondary N) is 2. The third-order valence-corrected chi connectivity index (χ3v) is 3.20. The number of hydrogen-bond acceptors (Lipinski definition) is 5. The van der Waals surface area contributed by atoms with Gasteiger partial charge in [0.1, 0.15) is 11.6 Å². The van der Waals surface area contributed by atoms with Gasteiger partial charge in [0.25, 0.3) is 0 Å². The predicted octanol–water partition coefficient (Wildman–Crippen LogP) is 2.39. The standard InChI is InChI=1S/C10H6I2N6/c11-7-1-8(12)3-9(2-7)14-5-6(4-13)10-15-17-18-16-10/h1-3,5,14H,(H,15,16,17,18). The topological polar surface area (TPSA) is 90.3 Å². The van der Waals surface area contributed by atoms with Crippen LogP contribution in [-0.4, -0.2) is 20.6 Å². The summed E-state index contributed by atoms with van der Waals surface area (Å²) < 4.78 is 2.24. The summed E-state index contributed by atoms with van der Waals surface area (Å²) in [4.78, 5) is 0. The first-order valence-corrected chi connectivity index (χ1v) is 6.91. The molecule has 6 nitrogen and oxygen atoms in total.